The Labute approximate surface area is 166 Å². The molecule has 4 aromatic rings. The average molecular weight is 478 g/mol. The zero-order valence-corrected chi connectivity index (χ0v) is 16.3. The smallest absolute Gasteiger partial charge is 0.261 e. The molecule has 7 heteroatoms. The number of hydrogen-bond donors (Lipinski definition) is 0. The molecule has 0 radical (unpaired) electrons. The van der Waals surface area contributed by atoms with Gasteiger partial charge in [-0.05, 0) is 65.1 Å². The molecule has 0 bridgehead atoms. The SMILES string of the molecule is O=C(c1ccccc1I)N(Cc1ccco1)c1nc2ccc(F)cc2s1. The van der Waals surface area contributed by atoms with E-state index < -0.39 is 0 Å². The third-order valence-electron chi connectivity index (χ3n) is 3.81. The van der Waals surface area contributed by atoms with Gasteiger partial charge in [0.1, 0.15) is 11.6 Å². The second kappa shape index (κ2) is 7.16. The van der Waals surface area contributed by atoms with Crippen molar-refractivity contribution in [1.29, 1.82) is 0 Å². The molecule has 0 fully saturated rings. The van der Waals surface area contributed by atoms with E-state index in [1.807, 2.05) is 24.3 Å². The fraction of sp³-hybridized carbons (Fsp3) is 0.0526. The summed E-state index contributed by atoms with van der Waals surface area (Å²) in [4.78, 5) is 19.3. The number of halogens is 2. The summed E-state index contributed by atoms with van der Waals surface area (Å²) >= 11 is 3.42. The lowest BCUT2D eigenvalue weighted by Crippen LogP contribution is -2.30. The Balaban J connectivity index is 1.79. The Morgan fingerprint density at radius 2 is 2.04 bits per heavy atom. The first-order chi connectivity index (χ1) is 12.6. The molecule has 0 aliphatic carbocycles. The third-order valence-corrected chi connectivity index (χ3v) is 5.80. The van der Waals surface area contributed by atoms with E-state index in [0.29, 0.717) is 26.7 Å². The van der Waals surface area contributed by atoms with Crippen molar-refractivity contribution in [3.8, 4) is 0 Å². The maximum Gasteiger partial charge on any atom is 0.261 e. The summed E-state index contributed by atoms with van der Waals surface area (Å²) in [5.41, 5.74) is 1.25. The number of anilines is 1. The van der Waals surface area contributed by atoms with E-state index in [1.165, 1.54) is 23.5 Å². The van der Waals surface area contributed by atoms with Gasteiger partial charge in [-0.3, -0.25) is 9.69 Å². The number of hydrogen-bond acceptors (Lipinski definition) is 4. The Bertz CT molecular complexity index is 1080. The summed E-state index contributed by atoms with van der Waals surface area (Å²) in [7, 11) is 0. The van der Waals surface area contributed by atoms with E-state index in [2.05, 4.69) is 27.6 Å². The lowest BCUT2D eigenvalue weighted by Gasteiger charge is -2.19. The fourth-order valence-electron chi connectivity index (χ4n) is 2.57. The minimum atomic E-state index is -0.325. The molecule has 0 atom stereocenters. The molecule has 1 amide bonds. The molecule has 2 heterocycles. The van der Waals surface area contributed by atoms with Crippen LogP contribution in [0.5, 0.6) is 0 Å². The van der Waals surface area contributed by atoms with Gasteiger partial charge in [-0.2, -0.15) is 0 Å². The molecular weight excluding hydrogens is 466 g/mol. The molecule has 0 N–H and O–H groups in total. The van der Waals surface area contributed by atoms with Gasteiger partial charge in [0.2, 0.25) is 0 Å². The van der Waals surface area contributed by atoms with Crippen LogP contribution in [0.1, 0.15) is 16.1 Å². The fourth-order valence-corrected chi connectivity index (χ4v) is 4.17. The van der Waals surface area contributed by atoms with Crippen LogP contribution >= 0.6 is 33.9 Å². The number of thiazole rings is 1. The van der Waals surface area contributed by atoms with Crippen LogP contribution in [0.25, 0.3) is 10.2 Å². The maximum atomic E-state index is 13.5. The van der Waals surface area contributed by atoms with Crippen molar-refractivity contribution in [1.82, 2.24) is 4.98 Å². The zero-order chi connectivity index (χ0) is 18.1. The molecule has 0 aliphatic rings. The van der Waals surface area contributed by atoms with Gasteiger partial charge < -0.3 is 4.42 Å². The topological polar surface area (TPSA) is 46.3 Å². The molecule has 0 unspecified atom stereocenters. The van der Waals surface area contributed by atoms with Crippen molar-refractivity contribution in [3.63, 3.8) is 0 Å². The highest BCUT2D eigenvalue weighted by molar-refractivity contribution is 14.1. The van der Waals surface area contributed by atoms with E-state index in [4.69, 9.17) is 4.42 Å². The zero-order valence-electron chi connectivity index (χ0n) is 13.4. The Morgan fingerprint density at radius 3 is 2.81 bits per heavy atom. The predicted molar refractivity (Wildman–Crippen MR) is 108 cm³/mol. The van der Waals surface area contributed by atoms with Crippen molar-refractivity contribution in [2.24, 2.45) is 0 Å². The van der Waals surface area contributed by atoms with E-state index in [-0.39, 0.29) is 18.3 Å². The molecule has 4 rings (SSSR count). The van der Waals surface area contributed by atoms with E-state index in [9.17, 15) is 9.18 Å². The van der Waals surface area contributed by atoms with Gasteiger partial charge in [0.05, 0.1) is 28.6 Å². The highest BCUT2D eigenvalue weighted by Crippen LogP contribution is 2.31. The van der Waals surface area contributed by atoms with Crippen LogP contribution in [0.3, 0.4) is 0 Å². The van der Waals surface area contributed by atoms with Crippen LogP contribution in [-0.4, -0.2) is 10.9 Å². The van der Waals surface area contributed by atoms with Crippen LogP contribution in [-0.2, 0) is 6.54 Å². The number of rotatable bonds is 4. The highest BCUT2D eigenvalue weighted by Gasteiger charge is 2.24. The molecular formula is C19H12FIN2O2S. The predicted octanol–water partition coefficient (Wildman–Crippen LogP) is 5.48. The minimum Gasteiger partial charge on any atom is -0.467 e. The van der Waals surface area contributed by atoms with Gasteiger partial charge in [0.25, 0.3) is 5.91 Å². The van der Waals surface area contributed by atoms with Crippen molar-refractivity contribution in [2.75, 3.05) is 4.90 Å². The standard InChI is InChI=1S/C19H12FIN2O2S/c20-12-7-8-16-17(10-12)26-19(22-16)23(11-13-4-3-9-25-13)18(24)14-5-1-2-6-15(14)21/h1-10H,11H2. The number of furan rings is 1. The minimum absolute atomic E-state index is 0.175. The van der Waals surface area contributed by atoms with Gasteiger partial charge >= 0.3 is 0 Å². The molecule has 2 aromatic heterocycles. The van der Waals surface area contributed by atoms with Gasteiger partial charge in [-0.25, -0.2) is 9.37 Å². The quantitative estimate of drug-likeness (QED) is 0.365. The normalized spacial score (nSPS) is 11.0. The maximum absolute atomic E-state index is 13.5. The molecule has 130 valence electrons. The van der Waals surface area contributed by atoms with Crippen LogP contribution in [0.15, 0.2) is 65.3 Å². The molecule has 0 saturated carbocycles. The summed E-state index contributed by atoms with van der Waals surface area (Å²) < 4.78 is 20.5. The number of amides is 1. The van der Waals surface area contributed by atoms with Gasteiger partial charge in [-0.15, -0.1) is 0 Å². The largest absolute Gasteiger partial charge is 0.467 e. The first-order valence-electron chi connectivity index (χ1n) is 7.77. The summed E-state index contributed by atoms with van der Waals surface area (Å²) in [5, 5.41) is 0.506. The summed E-state index contributed by atoms with van der Waals surface area (Å²) in [6.07, 6.45) is 1.57. The summed E-state index contributed by atoms with van der Waals surface area (Å²) in [6.45, 7) is 0.249. The second-order valence-electron chi connectivity index (χ2n) is 5.56. The van der Waals surface area contributed by atoms with E-state index in [0.717, 1.165) is 3.57 Å². The van der Waals surface area contributed by atoms with E-state index in [1.54, 1.807) is 29.4 Å². The highest BCUT2D eigenvalue weighted by atomic mass is 127. The first kappa shape index (κ1) is 17.2. The van der Waals surface area contributed by atoms with Crippen molar-refractivity contribution >= 4 is 55.2 Å². The van der Waals surface area contributed by atoms with Gasteiger partial charge in [0, 0.05) is 3.57 Å². The van der Waals surface area contributed by atoms with Crippen LogP contribution < -0.4 is 4.90 Å². The second-order valence-corrected chi connectivity index (χ2v) is 7.73. The van der Waals surface area contributed by atoms with Gasteiger partial charge in [0.15, 0.2) is 5.13 Å². The summed E-state index contributed by atoms with van der Waals surface area (Å²) in [5.74, 6) is 0.148. The third kappa shape index (κ3) is 3.36. The Kier molecular flexibility index (Phi) is 4.73. The molecule has 0 spiro atoms. The number of aromatic nitrogens is 1. The number of carbonyl (C=O) groups is 1. The van der Waals surface area contributed by atoms with Gasteiger partial charge in [-0.1, -0.05) is 23.5 Å². The molecule has 2 aromatic carbocycles. The Hall–Kier alpha value is -2.26. The molecule has 26 heavy (non-hydrogen) atoms. The lowest BCUT2D eigenvalue weighted by molar-refractivity contribution is 0.0982. The van der Waals surface area contributed by atoms with Crippen LogP contribution in [0, 0.1) is 9.39 Å². The van der Waals surface area contributed by atoms with E-state index >= 15 is 0 Å². The molecule has 0 saturated heterocycles. The Morgan fingerprint density at radius 1 is 1.19 bits per heavy atom. The average Bonchev–Trinajstić information content (AvgIpc) is 3.28. The molecule has 4 nitrogen and oxygen atoms in total. The van der Waals surface area contributed by atoms with Crippen LogP contribution in [0.2, 0.25) is 0 Å². The van der Waals surface area contributed by atoms with Crippen LogP contribution in [0.4, 0.5) is 9.52 Å². The number of nitrogens with zero attached hydrogens (tertiary/aromatic N) is 2. The monoisotopic (exact) mass is 478 g/mol. The summed E-state index contributed by atoms with van der Waals surface area (Å²) in [6, 6.07) is 15.4. The lowest BCUT2D eigenvalue weighted by atomic mass is 10.2. The molecule has 0 aliphatic heterocycles. The van der Waals surface area contributed by atoms with Crippen molar-refractivity contribution < 1.29 is 13.6 Å². The van der Waals surface area contributed by atoms with Crippen molar-refractivity contribution in [2.45, 2.75) is 6.54 Å². The number of carbonyl (C=O) groups excluding carboxylic acids is 1. The van der Waals surface area contributed by atoms with Crippen molar-refractivity contribution in [3.05, 3.63) is 81.6 Å². The first-order valence-corrected chi connectivity index (χ1v) is 9.66. The number of fused-ring (bicyclic) bond motifs is 1. The number of benzene rings is 2.